The highest BCUT2D eigenvalue weighted by molar-refractivity contribution is 9.10. The van der Waals surface area contributed by atoms with Gasteiger partial charge in [-0.1, -0.05) is 46.3 Å². The minimum absolute atomic E-state index is 0.150. The smallest absolute Gasteiger partial charge is 0.226 e. The second kappa shape index (κ2) is 7.24. The number of nitrogens with one attached hydrogen (secondary N) is 1. The van der Waals surface area contributed by atoms with Crippen molar-refractivity contribution in [3.05, 3.63) is 58.6 Å². The topological polar surface area (TPSA) is 64.3 Å². The van der Waals surface area contributed by atoms with Crippen molar-refractivity contribution in [1.82, 2.24) is 0 Å². The molecule has 0 aliphatic rings. The quantitative estimate of drug-likeness (QED) is 0.869. The van der Waals surface area contributed by atoms with E-state index in [1.807, 2.05) is 36.4 Å². The molecule has 1 atom stereocenters. The van der Waals surface area contributed by atoms with Crippen LogP contribution in [0.25, 0.3) is 0 Å². The molecular formula is C16H17BrN2O2. The van der Waals surface area contributed by atoms with Crippen molar-refractivity contribution in [2.24, 2.45) is 5.73 Å². The third-order valence-electron chi connectivity index (χ3n) is 3.07. The van der Waals surface area contributed by atoms with E-state index in [0.29, 0.717) is 11.4 Å². The van der Waals surface area contributed by atoms with Crippen LogP contribution in [0.4, 0.5) is 5.69 Å². The molecule has 1 unspecified atom stereocenters. The van der Waals surface area contributed by atoms with E-state index < -0.39 is 0 Å². The summed E-state index contributed by atoms with van der Waals surface area (Å²) in [5.74, 6) is 0.461. The largest absolute Gasteiger partial charge is 0.495 e. The molecule has 1 amide bonds. The summed E-state index contributed by atoms with van der Waals surface area (Å²) < 4.78 is 6.09. The van der Waals surface area contributed by atoms with Gasteiger partial charge in [0.15, 0.2) is 0 Å². The number of rotatable bonds is 5. The number of methoxy groups -OCH3 is 1. The number of benzene rings is 2. The van der Waals surface area contributed by atoms with Gasteiger partial charge >= 0.3 is 0 Å². The molecule has 0 radical (unpaired) electrons. The van der Waals surface area contributed by atoms with Crippen LogP contribution < -0.4 is 15.8 Å². The van der Waals surface area contributed by atoms with Crippen molar-refractivity contribution < 1.29 is 9.53 Å². The number of halogens is 1. The molecule has 0 bridgehead atoms. The SMILES string of the molecule is COc1ccc(Br)cc1NC(=O)CC(N)c1ccccc1. The molecule has 21 heavy (non-hydrogen) atoms. The van der Waals surface area contributed by atoms with E-state index in [0.717, 1.165) is 10.0 Å². The van der Waals surface area contributed by atoms with Crippen molar-refractivity contribution in [3.63, 3.8) is 0 Å². The summed E-state index contributed by atoms with van der Waals surface area (Å²) in [5, 5.41) is 2.83. The van der Waals surface area contributed by atoms with E-state index in [4.69, 9.17) is 10.5 Å². The number of anilines is 1. The highest BCUT2D eigenvalue weighted by Crippen LogP contribution is 2.28. The molecule has 2 aromatic carbocycles. The van der Waals surface area contributed by atoms with Crippen molar-refractivity contribution >= 4 is 27.5 Å². The molecule has 0 spiro atoms. The average molecular weight is 349 g/mol. The van der Waals surface area contributed by atoms with Gasteiger partial charge in [-0.25, -0.2) is 0 Å². The lowest BCUT2D eigenvalue weighted by Crippen LogP contribution is -2.20. The fourth-order valence-corrected chi connectivity index (χ4v) is 2.36. The van der Waals surface area contributed by atoms with E-state index >= 15 is 0 Å². The molecule has 2 rings (SSSR count). The molecule has 110 valence electrons. The Labute approximate surface area is 132 Å². The lowest BCUT2D eigenvalue weighted by molar-refractivity contribution is -0.116. The lowest BCUT2D eigenvalue weighted by Gasteiger charge is -2.14. The van der Waals surface area contributed by atoms with Crippen LogP contribution in [0, 0.1) is 0 Å². The number of hydrogen-bond donors (Lipinski definition) is 2. The minimum Gasteiger partial charge on any atom is -0.495 e. The van der Waals surface area contributed by atoms with E-state index in [9.17, 15) is 4.79 Å². The molecule has 0 saturated heterocycles. The number of ether oxygens (including phenoxy) is 1. The number of carbonyl (C=O) groups is 1. The zero-order chi connectivity index (χ0) is 15.2. The maximum absolute atomic E-state index is 12.1. The van der Waals surface area contributed by atoms with Gasteiger partial charge in [0.25, 0.3) is 0 Å². The first-order valence-electron chi connectivity index (χ1n) is 6.54. The molecule has 3 N–H and O–H groups in total. The van der Waals surface area contributed by atoms with Crippen LogP contribution in [0.3, 0.4) is 0 Å². The van der Waals surface area contributed by atoms with Crippen LogP contribution in [0.5, 0.6) is 5.75 Å². The summed E-state index contributed by atoms with van der Waals surface area (Å²) in [4.78, 5) is 12.1. The lowest BCUT2D eigenvalue weighted by atomic mass is 10.0. The maximum atomic E-state index is 12.1. The van der Waals surface area contributed by atoms with Gasteiger partial charge in [-0.15, -0.1) is 0 Å². The molecule has 2 aromatic rings. The second-order valence-electron chi connectivity index (χ2n) is 4.61. The predicted octanol–water partition coefficient (Wildman–Crippen LogP) is 3.49. The van der Waals surface area contributed by atoms with Crippen molar-refractivity contribution in [3.8, 4) is 5.75 Å². The zero-order valence-electron chi connectivity index (χ0n) is 11.7. The molecule has 0 saturated carbocycles. The van der Waals surface area contributed by atoms with Gasteiger partial charge in [0.2, 0.25) is 5.91 Å². The molecule has 0 aliphatic carbocycles. The Hall–Kier alpha value is -1.85. The van der Waals surface area contributed by atoms with E-state index in [1.54, 1.807) is 19.2 Å². The Morgan fingerprint density at radius 3 is 2.67 bits per heavy atom. The summed E-state index contributed by atoms with van der Waals surface area (Å²) in [7, 11) is 1.56. The minimum atomic E-state index is -0.329. The van der Waals surface area contributed by atoms with E-state index in [2.05, 4.69) is 21.2 Å². The Morgan fingerprint density at radius 2 is 2.00 bits per heavy atom. The van der Waals surface area contributed by atoms with Crippen LogP contribution in [0.15, 0.2) is 53.0 Å². The van der Waals surface area contributed by atoms with Crippen LogP contribution in [0.1, 0.15) is 18.0 Å². The number of amides is 1. The first kappa shape index (κ1) is 15.5. The Bertz CT molecular complexity index is 617. The highest BCUT2D eigenvalue weighted by Gasteiger charge is 2.13. The van der Waals surface area contributed by atoms with Gasteiger partial charge in [-0.2, -0.15) is 0 Å². The molecule has 5 heteroatoms. The standard InChI is InChI=1S/C16H17BrN2O2/c1-21-15-8-7-12(17)9-14(15)19-16(20)10-13(18)11-5-3-2-4-6-11/h2-9,13H,10,18H2,1H3,(H,19,20). The Morgan fingerprint density at radius 1 is 1.29 bits per heavy atom. The van der Waals surface area contributed by atoms with Gasteiger partial charge in [-0.05, 0) is 23.8 Å². The molecule has 0 aliphatic heterocycles. The summed E-state index contributed by atoms with van der Waals surface area (Å²) in [6, 6.07) is 14.7. The van der Waals surface area contributed by atoms with Crippen molar-refractivity contribution in [2.75, 3.05) is 12.4 Å². The van der Waals surface area contributed by atoms with Gasteiger partial charge < -0.3 is 15.8 Å². The van der Waals surface area contributed by atoms with E-state index in [1.165, 1.54) is 0 Å². The van der Waals surface area contributed by atoms with Crippen LogP contribution in [-0.4, -0.2) is 13.0 Å². The Kier molecular flexibility index (Phi) is 5.36. The fraction of sp³-hybridized carbons (Fsp3) is 0.188. The number of carbonyl (C=O) groups excluding carboxylic acids is 1. The van der Waals surface area contributed by atoms with Gasteiger partial charge in [0, 0.05) is 16.9 Å². The highest BCUT2D eigenvalue weighted by atomic mass is 79.9. The van der Waals surface area contributed by atoms with Crippen molar-refractivity contribution in [2.45, 2.75) is 12.5 Å². The molecular weight excluding hydrogens is 332 g/mol. The van der Waals surface area contributed by atoms with Crippen LogP contribution >= 0.6 is 15.9 Å². The average Bonchev–Trinajstić information content (AvgIpc) is 2.48. The monoisotopic (exact) mass is 348 g/mol. The fourth-order valence-electron chi connectivity index (χ4n) is 2.00. The van der Waals surface area contributed by atoms with E-state index in [-0.39, 0.29) is 18.4 Å². The number of hydrogen-bond acceptors (Lipinski definition) is 3. The Balaban J connectivity index is 2.04. The summed E-state index contributed by atoms with van der Waals surface area (Å²) in [6.45, 7) is 0. The third kappa shape index (κ3) is 4.31. The summed E-state index contributed by atoms with van der Waals surface area (Å²) >= 11 is 3.37. The molecule has 0 fully saturated rings. The molecule has 0 aromatic heterocycles. The first-order valence-corrected chi connectivity index (χ1v) is 7.33. The normalized spacial score (nSPS) is 11.8. The van der Waals surface area contributed by atoms with Gasteiger partial charge in [-0.3, -0.25) is 4.79 Å². The first-order chi connectivity index (χ1) is 10.1. The third-order valence-corrected chi connectivity index (χ3v) is 3.56. The van der Waals surface area contributed by atoms with Gasteiger partial charge in [0.1, 0.15) is 5.75 Å². The molecule has 0 heterocycles. The summed E-state index contributed by atoms with van der Waals surface area (Å²) in [5.41, 5.74) is 7.61. The maximum Gasteiger partial charge on any atom is 0.226 e. The van der Waals surface area contributed by atoms with Gasteiger partial charge in [0.05, 0.1) is 12.8 Å². The zero-order valence-corrected chi connectivity index (χ0v) is 13.3. The number of nitrogens with two attached hydrogens (primary N) is 1. The van der Waals surface area contributed by atoms with Crippen molar-refractivity contribution in [1.29, 1.82) is 0 Å². The summed E-state index contributed by atoms with van der Waals surface area (Å²) in [6.07, 6.45) is 0.208. The predicted molar refractivity (Wildman–Crippen MR) is 87.3 cm³/mol. The van der Waals surface area contributed by atoms with Crippen LogP contribution in [0.2, 0.25) is 0 Å². The molecule has 4 nitrogen and oxygen atoms in total. The second-order valence-corrected chi connectivity index (χ2v) is 5.53. The van der Waals surface area contributed by atoms with Crippen LogP contribution in [-0.2, 0) is 4.79 Å².